The van der Waals surface area contributed by atoms with E-state index in [1.165, 1.54) is 0 Å². The lowest BCUT2D eigenvalue weighted by Crippen LogP contribution is -2.45. The number of amides is 1. The van der Waals surface area contributed by atoms with Crippen LogP contribution in [-0.2, 0) is 21.6 Å². The summed E-state index contributed by atoms with van der Waals surface area (Å²) in [6, 6.07) is 12.9. The highest BCUT2D eigenvalue weighted by Gasteiger charge is 2.47. The molecule has 27 heavy (non-hydrogen) atoms. The van der Waals surface area contributed by atoms with Crippen molar-refractivity contribution in [2.75, 3.05) is 13.1 Å². The number of nitrogens with zero attached hydrogens (tertiary/aromatic N) is 1. The molecule has 4 rings (SSSR count). The lowest BCUT2D eigenvalue weighted by molar-refractivity contribution is -0.135. The number of aryl methyl sites for hydroxylation is 1. The number of likely N-dealkylation sites (tertiary alicyclic amines) is 1. The molecule has 0 atom stereocenters. The number of ether oxygens (including phenoxy) is 1. The van der Waals surface area contributed by atoms with Crippen LogP contribution < -0.4 is 0 Å². The molecule has 0 aromatic heterocycles. The number of esters is 1. The maximum absolute atomic E-state index is 12.6. The summed E-state index contributed by atoms with van der Waals surface area (Å²) >= 11 is 12.1. The zero-order valence-corrected chi connectivity index (χ0v) is 16.2. The van der Waals surface area contributed by atoms with Crippen LogP contribution in [0.1, 0.15) is 40.7 Å². The third-order valence-electron chi connectivity index (χ3n) is 5.47. The molecule has 2 aliphatic heterocycles. The normalized spacial score (nSPS) is 17.7. The van der Waals surface area contributed by atoms with Crippen LogP contribution >= 0.6 is 23.2 Å². The van der Waals surface area contributed by atoms with E-state index in [9.17, 15) is 9.59 Å². The SMILES string of the molecule is O=C1OC2(CCN(C(=O)CCc3ccc(Cl)cc3Cl)CC2)c2ccccc21. The van der Waals surface area contributed by atoms with Crippen molar-refractivity contribution in [2.24, 2.45) is 0 Å². The summed E-state index contributed by atoms with van der Waals surface area (Å²) < 4.78 is 5.74. The summed E-state index contributed by atoms with van der Waals surface area (Å²) in [5.41, 5.74) is 1.94. The highest BCUT2D eigenvalue weighted by molar-refractivity contribution is 6.35. The number of fused-ring (bicyclic) bond motifs is 2. The number of halogens is 2. The average molecular weight is 404 g/mol. The van der Waals surface area contributed by atoms with Crippen LogP contribution in [0.2, 0.25) is 10.0 Å². The van der Waals surface area contributed by atoms with E-state index in [0.717, 1.165) is 11.1 Å². The van der Waals surface area contributed by atoms with E-state index in [2.05, 4.69) is 0 Å². The minimum atomic E-state index is -0.579. The predicted octanol–water partition coefficient (Wildman–Crippen LogP) is 4.61. The Morgan fingerprint density at radius 2 is 1.85 bits per heavy atom. The minimum Gasteiger partial charge on any atom is -0.450 e. The fourth-order valence-corrected chi connectivity index (χ4v) is 4.46. The average Bonchev–Trinajstić information content (AvgIpc) is 2.93. The molecule has 2 aromatic rings. The molecule has 0 N–H and O–H groups in total. The van der Waals surface area contributed by atoms with Crippen molar-refractivity contribution < 1.29 is 14.3 Å². The Balaban J connectivity index is 1.38. The zero-order valence-electron chi connectivity index (χ0n) is 14.7. The molecule has 2 aliphatic rings. The summed E-state index contributed by atoms with van der Waals surface area (Å²) in [4.78, 5) is 26.6. The highest BCUT2D eigenvalue weighted by Crippen LogP contribution is 2.44. The minimum absolute atomic E-state index is 0.0912. The Morgan fingerprint density at radius 1 is 1.11 bits per heavy atom. The fraction of sp³-hybridized carbons (Fsp3) is 0.333. The third kappa shape index (κ3) is 3.44. The number of piperidine rings is 1. The van der Waals surface area contributed by atoms with Crippen LogP contribution in [0, 0.1) is 0 Å². The van der Waals surface area contributed by atoms with Crippen molar-refractivity contribution in [1.82, 2.24) is 4.90 Å². The van der Waals surface area contributed by atoms with Crippen LogP contribution in [0.4, 0.5) is 0 Å². The smallest absolute Gasteiger partial charge is 0.339 e. The summed E-state index contributed by atoms with van der Waals surface area (Å²) in [7, 11) is 0. The number of carbonyl (C=O) groups excluding carboxylic acids is 2. The van der Waals surface area contributed by atoms with Gasteiger partial charge in [-0.1, -0.05) is 47.5 Å². The van der Waals surface area contributed by atoms with Gasteiger partial charge in [-0.15, -0.1) is 0 Å². The second kappa shape index (κ2) is 7.17. The van der Waals surface area contributed by atoms with Gasteiger partial charge in [0.05, 0.1) is 5.56 Å². The number of hydrogen-bond acceptors (Lipinski definition) is 3. The zero-order chi connectivity index (χ0) is 19.0. The molecule has 140 valence electrons. The Labute approximate surface area is 168 Å². The Bertz CT molecular complexity index is 904. The molecule has 1 fully saturated rings. The molecule has 0 bridgehead atoms. The van der Waals surface area contributed by atoms with Gasteiger partial charge in [0, 0.05) is 48.0 Å². The van der Waals surface area contributed by atoms with Gasteiger partial charge in [0.15, 0.2) is 0 Å². The van der Waals surface area contributed by atoms with Crippen LogP contribution in [0.15, 0.2) is 42.5 Å². The molecule has 0 radical (unpaired) electrons. The van der Waals surface area contributed by atoms with Crippen molar-refractivity contribution in [2.45, 2.75) is 31.3 Å². The number of hydrogen-bond donors (Lipinski definition) is 0. The van der Waals surface area contributed by atoms with Crippen molar-refractivity contribution >= 4 is 35.1 Å². The maximum Gasteiger partial charge on any atom is 0.339 e. The largest absolute Gasteiger partial charge is 0.450 e. The van der Waals surface area contributed by atoms with Crippen LogP contribution in [0.3, 0.4) is 0 Å². The van der Waals surface area contributed by atoms with E-state index in [4.69, 9.17) is 27.9 Å². The first kappa shape index (κ1) is 18.3. The Hall–Kier alpha value is -2.04. The topological polar surface area (TPSA) is 46.6 Å². The predicted molar refractivity (Wildman–Crippen MR) is 104 cm³/mol. The quantitative estimate of drug-likeness (QED) is 0.702. The first-order chi connectivity index (χ1) is 13.0. The molecule has 6 heteroatoms. The van der Waals surface area contributed by atoms with Gasteiger partial charge in [-0.3, -0.25) is 4.79 Å². The third-order valence-corrected chi connectivity index (χ3v) is 6.06. The van der Waals surface area contributed by atoms with E-state index >= 15 is 0 Å². The van der Waals surface area contributed by atoms with Crippen molar-refractivity contribution in [3.63, 3.8) is 0 Å². The summed E-state index contributed by atoms with van der Waals surface area (Å²) in [5.74, 6) is -0.170. The number of benzene rings is 2. The molecular weight excluding hydrogens is 385 g/mol. The monoisotopic (exact) mass is 403 g/mol. The van der Waals surface area contributed by atoms with E-state index in [-0.39, 0.29) is 11.9 Å². The highest BCUT2D eigenvalue weighted by atomic mass is 35.5. The second-order valence-corrected chi connectivity index (χ2v) is 7.89. The number of carbonyl (C=O) groups is 2. The molecule has 1 amide bonds. The van der Waals surface area contributed by atoms with E-state index in [0.29, 0.717) is 54.4 Å². The second-order valence-electron chi connectivity index (χ2n) is 7.05. The van der Waals surface area contributed by atoms with Gasteiger partial charge in [0.1, 0.15) is 5.60 Å². The van der Waals surface area contributed by atoms with Gasteiger partial charge in [-0.25, -0.2) is 4.79 Å². The summed E-state index contributed by atoms with van der Waals surface area (Å²) in [6.07, 6.45) is 2.23. The number of rotatable bonds is 3. The van der Waals surface area contributed by atoms with Crippen molar-refractivity contribution in [3.8, 4) is 0 Å². The van der Waals surface area contributed by atoms with Gasteiger partial charge < -0.3 is 9.64 Å². The molecule has 0 saturated carbocycles. The first-order valence-electron chi connectivity index (χ1n) is 9.03. The van der Waals surface area contributed by atoms with Crippen LogP contribution in [0.5, 0.6) is 0 Å². The van der Waals surface area contributed by atoms with Crippen LogP contribution in [0.25, 0.3) is 0 Å². The maximum atomic E-state index is 12.6. The van der Waals surface area contributed by atoms with Crippen molar-refractivity contribution in [3.05, 3.63) is 69.2 Å². The van der Waals surface area contributed by atoms with E-state index < -0.39 is 5.60 Å². The Kier molecular flexibility index (Phi) is 4.87. The Morgan fingerprint density at radius 3 is 2.59 bits per heavy atom. The lowest BCUT2D eigenvalue weighted by atomic mass is 9.83. The van der Waals surface area contributed by atoms with Gasteiger partial charge in [0.25, 0.3) is 0 Å². The fourth-order valence-electron chi connectivity index (χ4n) is 3.96. The molecule has 2 aromatic carbocycles. The van der Waals surface area contributed by atoms with Crippen molar-refractivity contribution in [1.29, 1.82) is 0 Å². The molecule has 1 spiro atoms. The first-order valence-corrected chi connectivity index (χ1v) is 9.79. The lowest BCUT2D eigenvalue weighted by Gasteiger charge is -2.38. The van der Waals surface area contributed by atoms with Gasteiger partial charge in [-0.2, -0.15) is 0 Å². The molecule has 1 saturated heterocycles. The van der Waals surface area contributed by atoms with E-state index in [1.807, 2.05) is 29.2 Å². The van der Waals surface area contributed by atoms with Gasteiger partial charge >= 0.3 is 5.97 Å². The summed E-state index contributed by atoms with van der Waals surface area (Å²) in [6.45, 7) is 1.16. The molecule has 2 heterocycles. The molecular formula is C21H19Cl2NO3. The molecule has 0 unspecified atom stereocenters. The summed E-state index contributed by atoms with van der Waals surface area (Å²) in [5, 5.41) is 1.17. The van der Waals surface area contributed by atoms with Crippen LogP contribution in [-0.4, -0.2) is 29.9 Å². The van der Waals surface area contributed by atoms with Gasteiger partial charge in [0.2, 0.25) is 5.91 Å². The standard InChI is InChI=1S/C21H19Cl2NO3/c22-15-7-5-14(18(23)13-15)6-8-19(25)24-11-9-21(10-12-24)17-4-2-1-3-16(17)20(26)27-21/h1-5,7,13H,6,8-12H2. The van der Waals surface area contributed by atoms with E-state index in [1.54, 1.807) is 18.2 Å². The molecule has 0 aliphatic carbocycles. The van der Waals surface area contributed by atoms with Gasteiger partial charge in [-0.05, 0) is 30.2 Å². The molecule has 4 nitrogen and oxygen atoms in total.